The van der Waals surface area contributed by atoms with Crippen molar-refractivity contribution in [3.63, 3.8) is 0 Å². The summed E-state index contributed by atoms with van der Waals surface area (Å²) in [4.78, 5) is 24.0. The number of anilines is 1. The lowest BCUT2D eigenvalue weighted by molar-refractivity contribution is -0.385. The van der Waals surface area contributed by atoms with Gasteiger partial charge in [0.25, 0.3) is 5.69 Å². The molecule has 0 saturated carbocycles. The van der Waals surface area contributed by atoms with E-state index < -0.39 is 4.92 Å². The number of rotatable bonds is 3. The third-order valence-corrected chi connectivity index (χ3v) is 3.70. The number of nitro groups is 1. The van der Waals surface area contributed by atoms with Crippen molar-refractivity contribution in [3.05, 3.63) is 33.9 Å². The third-order valence-electron chi connectivity index (χ3n) is 3.70. The highest BCUT2D eigenvalue weighted by atomic mass is 16.6. The molecule has 0 aromatic heterocycles. The highest BCUT2D eigenvalue weighted by molar-refractivity contribution is 5.79. The minimum absolute atomic E-state index is 0.00196. The second kappa shape index (κ2) is 6.22. The number of nitro benzene ring substituents is 1. The van der Waals surface area contributed by atoms with Crippen molar-refractivity contribution in [2.75, 3.05) is 25.0 Å². The maximum absolute atomic E-state index is 11.7. The molecule has 110 valence electrons. The number of nitriles is 1. The number of hydrogen-bond donors (Lipinski definition) is 1. The molecule has 1 saturated heterocycles. The fourth-order valence-corrected chi connectivity index (χ4v) is 2.60. The van der Waals surface area contributed by atoms with E-state index in [1.807, 2.05) is 11.0 Å². The van der Waals surface area contributed by atoms with Gasteiger partial charge in [-0.05, 0) is 25.0 Å². The molecule has 1 aliphatic rings. The van der Waals surface area contributed by atoms with E-state index in [2.05, 4.69) is 5.32 Å². The van der Waals surface area contributed by atoms with Crippen molar-refractivity contribution in [3.8, 4) is 6.07 Å². The van der Waals surface area contributed by atoms with Crippen LogP contribution in [0.15, 0.2) is 18.2 Å². The molecule has 2 rings (SSSR count). The van der Waals surface area contributed by atoms with Crippen molar-refractivity contribution < 1.29 is 9.72 Å². The molecule has 0 radical (unpaired) electrons. The minimum Gasteiger partial charge on any atom is -0.371 e. The Balaban J connectivity index is 2.24. The molecule has 0 spiro atoms. The molecule has 1 unspecified atom stereocenters. The Kier molecular flexibility index (Phi) is 4.38. The van der Waals surface area contributed by atoms with Gasteiger partial charge in [-0.25, -0.2) is 0 Å². The fraction of sp³-hybridized carbons (Fsp3) is 0.429. The number of piperidine rings is 1. The SMILES string of the molecule is CNC(=O)C1CCCN(c2ccc([N+](=O)[O-])c(C#N)c2)C1. The summed E-state index contributed by atoms with van der Waals surface area (Å²) in [7, 11) is 1.61. The van der Waals surface area contributed by atoms with Gasteiger partial charge in [-0.3, -0.25) is 14.9 Å². The van der Waals surface area contributed by atoms with Gasteiger partial charge in [0.2, 0.25) is 5.91 Å². The fourth-order valence-electron chi connectivity index (χ4n) is 2.60. The van der Waals surface area contributed by atoms with Crippen LogP contribution in [0.3, 0.4) is 0 Å². The maximum atomic E-state index is 11.7. The summed E-state index contributed by atoms with van der Waals surface area (Å²) < 4.78 is 0. The van der Waals surface area contributed by atoms with Gasteiger partial charge in [0, 0.05) is 31.9 Å². The number of amides is 1. The molecule has 7 heteroatoms. The molecule has 1 heterocycles. The van der Waals surface area contributed by atoms with E-state index in [4.69, 9.17) is 5.26 Å². The normalized spacial score (nSPS) is 17.9. The lowest BCUT2D eigenvalue weighted by Gasteiger charge is -2.33. The second-order valence-corrected chi connectivity index (χ2v) is 4.97. The van der Waals surface area contributed by atoms with E-state index in [0.29, 0.717) is 6.54 Å². The molecule has 1 amide bonds. The third kappa shape index (κ3) is 3.11. The first-order valence-corrected chi connectivity index (χ1v) is 6.72. The average Bonchev–Trinajstić information content (AvgIpc) is 2.53. The Labute approximate surface area is 122 Å². The molecule has 1 atom stereocenters. The molecule has 1 aliphatic heterocycles. The maximum Gasteiger partial charge on any atom is 0.287 e. The minimum atomic E-state index is -0.564. The molecular weight excluding hydrogens is 272 g/mol. The zero-order chi connectivity index (χ0) is 15.4. The Morgan fingerprint density at radius 1 is 1.57 bits per heavy atom. The number of nitrogens with one attached hydrogen (secondary N) is 1. The molecule has 1 fully saturated rings. The van der Waals surface area contributed by atoms with E-state index in [-0.39, 0.29) is 23.1 Å². The zero-order valence-electron chi connectivity index (χ0n) is 11.7. The van der Waals surface area contributed by atoms with Crippen molar-refractivity contribution in [2.45, 2.75) is 12.8 Å². The van der Waals surface area contributed by atoms with Crippen LogP contribution in [0, 0.1) is 27.4 Å². The summed E-state index contributed by atoms with van der Waals surface area (Å²) in [5.41, 5.74) is 0.589. The molecule has 0 aliphatic carbocycles. The number of carbonyl (C=O) groups excluding carboxylic acids is 1. The number of nitrogens with zero attached hydrogens (tertiary/aromatic N) is 3. The van der Waals surface area contributed by atoms with Crippen LogP contribution in [0.25, 0.3) is 0 Å². The standard InChI is InChI=1S/C14H16N4O3/c1-16-14(19)10-3-2-6-17(9-10)12-4-5-13(18(20)21)11(7-12)8-15/h4-5,7,10H,2-3,6,9H2,1H3,(H,16,19). The average molecular weight is 288 g/mol. The first-order valence-electron chi connectivity index (χ1n) is 6.72. The Morgan fingerprint density at radius 2 is 2.33 bits per heavy atom. The summed E-state index contributed by atoms with van der Waals surface area (Å²) >= 11 is 0. The number of carbonyl (C=O) groups is 1. The van der Waals surface area contributed by atoms with Gasteiger partial charge in [0.05, 0.1) is 10.8 Å². The van der Waals surface area contributed by atoms with E-state index in [9.17, 15) is 14.9 Å². The van der Waals surface area contributed by atoms with Crippen molar-refractivity contribution in [1.29, 1.82) is 5.26 Å². The van der Waals surface area contributed by atoms with E-state index in [1.54, 1.807) is 13.1 Å². The highest BCUT2D eigenvalue weighted by Gasteiger charge is 2.26. The van der Waals surface area contributed by atoms with Gasteiger partial charge in [-0.2, -0.15) is 5.26 Å². The largest absolute Gasteiger partial charge is 0.371 e. The highest BCUT2D eigenvalue weighted by Crippen LogP contribution is 2.28. The number of benzene rings is 1. The van der Waals surface area contributed by atoms with Crippen LogP contribution >= 0.6 is 0 Å². The van der Waals surface area contributed by atoms with Gasteiger partial charge < -0.3 is 10.2 Å². The summed E-state index contributed by atoms with van der Waals surface area (Å²) in [5, 5.41) is 22.5. The molecule has 0 bridgehead atoms. The molecule has 1 aromatic carbocycles. The van der Waals surface area contributed by atoms with Gasteiger partial charge in [0.15, 0.2) is 0 Å². The lowest BCUT2D eigenvalue weighted by Crippen LogP contribution is -2.42. The van der Waals surface area contributed by atoms with Crippen molar-refractivity contribution >= 4 is 17.3 Å². The predicted octanol–water partition coefficient (Wildman–Crippen LogP) is 1.43. The van der Waals surface area contributed by atoms with Crippen LogP contribution in [-0.2, 0) is 4.79 Å². The van der Waals surface area contributed by atoms with Crippen LogP contribution < -0.4 is 10.2 Å². The zero-order valence-corrected chi connectivity index (χ0v) is 11.7. The Morgan fingerprint density at radius 3 is 2.95 bits per heavy atom. The van der Waals surface area contributed by atoms with Crippen LogP contribution in [0.4, 0.5) is 11.4 Å². The summed E-state index contributed by atoms with van der Waals surface area (Å²) in [6.07, 6.45) is 1.70. The first-order chi connectivity index (χ1) is 10.1. The monoisotopic (exact) mass is 288 g/mol. The van der Waals surface area contributed by atoms with Crippen LogP contribution in [0.2, 0.25) is 0 Å². The van der Waals surface area contributed by atoms with Crippen LogP contribution in [0.5, 0.6) is 0 Å². The predicted molar refractivity (Wildman–Crippen MR) is 76.8 cm³/mol. The molecule has 1 N–H and O–H groups in total. The van der Waals surface area contributed by atoms with Gasteiger partial charge in [0.1, 0.15) is 11.6 Å². The number of hydrogen-bond acceptors (Lipinski definition) is 5. The molecule has 7 nitrogen and oxygen atoms in total. The molecule has 21 heavy (non-hydrogen) atoms. The quantitative estimate of drug-likeness (QED) is 0.670. The summed E-state index contributed by atoms with van der Waals surface area (Å²) in [6.45, 7) is 1.33. The van der Waals surface area contributed by atoms with Crippen LogP contribution in [-0.4, -0.2) is 31.0 Å². The van der Waals surface area contributed by atoms with E-state index in [0.717, 1.165) is 25.1 Å². The Bertz CT molecular complexity index is 609. The summed E-state index contributed by atoms with van der Waals surface area (Å²) in [6, 6.07) is 6.35. The van der Waals surface area contributed by atoms with E-state index in [1.165, 1.54) is 12.1 Å². The van der Waals surface area contributed by atoms with Gasteiger partial charge in [-0.15, -0.1) is 0 Å². The first kappa shape index (κ1) is 14.8. The van der Waals surface area contributed by atoms with Gasteiger partial charge in [-0.1, -0.05) is 0 Å². The van der Waals surface area contributed by atoms with Crippen LogP contribution in [0.1, 0.15) is 18.4 Å². The topological polar surface area (TPSA) is 99.3 Å². The smallest absolute Gasteiger partial charge is 0.287 e. The Hall–Kier alpha value is -2.62. The van der Waals surface area contributed by atoms with Gasteiger partial charge >= 0.3 is 0 Å². The van der Waals surface area contributed by atoms with Crippen molar-refractivity contribution in [1.82, 2.24) is 5.32 Å². The summed E-state index contributed by atoms with van der Waals surface area (Å²) in [5.74, 6) is -0.0911. The van der Waals surface area contributed by atoms with Crippen molar-refractivity contribution in [2.24, 2.45) is 5.92 Å². The molecular formula is C14H16N4O3. The van der Waals surface area contributed by atoms with E-state index >= 15 is 0 Å². The lowest BCUT2D eigenvalue weighted by atomic mass is 9.96. The molecule has 1 aromatic rings. The second-order valence-electron chi connectivity index (χ2n) is 4.97.